The number of carbonyl (C=O) groups is 1. The van der Waals surface area contributed by atoms with Crippen LogP contribution in [0, 0.1) is 5.82 Å². The van der Waals surface area contributed by atoms with Crippen LogP contribution in [0.15, 0.2) is 77.7 Å². The third-order valence-corrected chi connectivity index (χ3v) is 5.92. The van der Waals surface area contributed by atoms with Crippen molar-refractivity contribution < 1.29 is 18.7 Å². The SMILES string of the molecule is COc1ccccc1N1C(=O)/C(=C/c2ccc(OCc3ccc(F)cc3)cc2)SC1=S. The Morgan fingerprint density at radius 3 is 2.45 bits per heavy atom. The number of hydrogen-bond donors (Lipinski definition) is 0. The van der Waals surface area contributed by atoms with Crippen LogP contribution in [0.1, 0.15) is 11.1 Å². The lowest BCUT2D eigenvalue weighted by atomic mass is 10.2. The van der Waals surface area contributed by atoms with Gasteiger partial charge >= 0.3 is 0 Å². The molecule has 1 aliphatic heterocycles. The van der Waals surface area contributed by atoms with Crippen molar-refractivity contribution in [1.82, 2.24) is 0 Å². The van der Waals surface area contributed by atoms with Crippen LogP contribution in [0.5, 0.6) is 11.5 Å². The van der Waals surface area contributed by atoms with Gasteiger partial charge in [-0.15, -0.1) is 0 Å². The van der Waals surface area contributed by atoms with E-state index in [1.165, 1.54) is 28.8 Å². The zero-order chi connectivity index (χ0) is 21.8. The Bertz CT molecular complexity index is 1140. The van der Waals surface area contributed by atoms with E-state index in [1.807, 2.05) is 36.4 Å². The van der Waals surface area contributed by atoms with Gasteiger partial charge in [0.05, 0.1) is 17.7 Å². The lowest BCUT2D eigenvalue weighted by molar-refractivity contribution is -0.113. The van der Waals surface area contributed by atoms with Gasteiger partial charge in [0.1, 0.15) is 23.9 Å². The van der Waals surface area contributed by atoms with E-state index >= 15 is 0 Å². The van der Waals surface area contributed by atoms with Crippen LogP contribution in [0.2, 0.25) is 0 Å². The third-order valence-electron chi connectivity index (χ3n) is 4.62. The molecule has 0 atom stereocenters. The summed E-state index contributed by atoms with van der Waals surface area (Å²) in [5.74, 6) is 0.811. The van der Waals surface area contributed by atoms with Crippen LogP contribution in [0.3, 0.4) is 0 Å². The van der Waals surface area contributed by atoms with Gasteiger partial charge in [-0.3, -0.25) is 9.69 Å². The van der Waals surface area contributed by atoms with E-state index in [-0.39, 0.29) is 11.7 Å². The van der Waals surface area contributed by atoms with Crippen molar-refractivity contribution in [3.05, 3.63) is 94.6 Å². The van der Waals surface area contributed by atoms with Crippen LogP contribution in [0.4, 0.5) is 10.1 Å². The Morgan fingerprint density at radius 1 is 1.03 bits per heavy atom. The summed E-state index contributed by atoms with van der Waals surface area (Å²) in [5, 5.41) is 0. The average molecular weight is 452 g/mol. The number of anilines is 1. The molecule has 7 heteroatoms. The summed E-state index contributed by atoms with van der Waals surface area (Å²) in [7, 11) is 1.56. The summed E-state index contributed by atoms with van der Waals surface area (Å²) in [6, 6.07) is 20.9. The maximum Gasteiger partial charge on any atom is 0.270 e. The van der Waals surface area contributed by atoms with Crippen LogP contribution >= 0.6 is 24.0 Å². The van der Waals surface area contributed by atoms with E-state index in [4.69, 9.17) is 21.7 Å². The van der Waals surface area contributed by atoms with Crippen molar-refractivity contribution in [2.45, 2.75) is 6.61 Å². The Kier molecular flexibility index (Phi) is 6.34. The first-order valence-electron chi connectivity index (χ1n) is 9.43. The number of methoxy groups -OCH3 is 1. The smallest absolute Gasteiger partial charge is 0.270 e. The molecule has 0 saturated carbocycles. The quantitative estimate of drug-likeness (QED) is 0.349. The number of halogens is 1. The Labute approximate surface area is 189 Å². The first kappa shape index (κ1) is 21.1. The molecule has 0 bridgehead atoms. The largest absolute Gasteiger partial charge is 0.495 e. The minimum atomic E-state index is -0.274. The normalized spacial score (nSPS) is 14.9. The average Bonchev–Trinajstić information content (AvgIpc) is 3.07. The number of nitrogens with zero attached hydrogens (tertiary/aromatic N) is 1. The lowest BCUT2D eigenvalue weighted by Crippen LogP contribution is -2.27. The van der Waals surface area contributed by atoms with Gasteiger partial charge in [0, 0.05) is 0 Å². The predicted molar refractivity (Wildman–Crippen MR) is 126 cm³/mol. The van der Waals surface area contributed by atoms with E-state index in [1.54, 1.807) is 37.5 Å². The van der Waals surface area contributed by atoms with Gasteiger partial charge in [-0.25, -0.2) is 4.39 Å². The molecule has 3 aromatic carbocycles. The molecular weight excluding hydrogens is 433 g/mol. The molecule has 0 radical (unpaired) electrons. The summed E-state index contributed by atoms with van der Waals surface area (Å²) in [6.07, 6.45) is 1.80. The molecule has 4 nitrogen and oxygen atoms in total. The summed E-state index contributed by atoms with van der Waals surface area (Å²) < 4.78 is 24.5. The molecule has 1 saturated heterocycles. The van der Waals surface area contributed by atoms with Crippen molar-refractivity contribution in [3.63, 3.8) is 0 Å². The third kappa shape index (κ3) is 4.78. The van der Waals surface area contributed by atoms with E-state index in [9.17, 15) is 9.18 Å². The fourth-order valence-electron chi connectivity index (χ4n) is 3.05. The molecule has 0 aliphatic carbocycles. The minimum Gasteiger partial charge on any atom is -0.495 e. The van der Waals surface area contributed by atoms with E-state index in [0.29, 0.717) is 33.0 Å². The Balaban J connectivity index is 1.46. The first-order chi connectivity index (χ1) is 15.0. The zero-order valence-corrected chi connectivity index (χ0v) is 18.2. The second-order valence-electron chi connectivity index (χ2n) is 6.67. The highest BCUT2D eigenvalue weighted by atomic mass is 32.2. The van der Waals surface area contributed by atoms with Gasteiger partial charge in [0.2, 0.25) is 0 Å². The van der Waals surface area contributed by atoms with Gasteiger partial charge in [-0.05, 0) is 53.6 Å². The van der Waals surface area contributed by atoms with Crippen LogP contribution in [0.25, 0.3) is 6.08 Å². The standard InChI is InChI=1S/C24H18FNO3S2/c1-28-21-5-3-2-4-20(21)26-23(27)22(31-24(26)30)14-16-8-12-19(13-9-16)29-15-17-6-10-18(25)11-7-17/h2-14H,15H2,1H3/b22-14-. The van der Waals surface area contributed by atoms with Gasteiger partial charge in [-0.1, -0.05) is 60.4 Å². The zero-order valence-electron chi connectivity index (χ0n) is 16.6. The number of para-hydroxylation sites is 2. The van der Waals surface area contributed by atoms with Gasteiger partial charge in [-0.2, -0.15) is 0 Å². The van der Waals surface area contributed by atoms with Gasteiger partial charge in [0.15, 0.2) is 4.32 Å². The Hall–Kier alpha value is -3.16. The molecule has 1 amide bonds. The second kappa shape index (κ2) is 9.32. The number of rotatable bonds is 6. The highest BCUT2D eigenvalue weighted by molar-refractivity contribution is 8.27. The fourth-order valence-corrected chi connectivity index (χ4v) is 4.33. The number of carbonyl (C=O) groups excluding carboxylic acids is 1. The predicted octanol–water partition coefficient (Wildman–Crippen LogP) is 5.82. The maximum absolute atomic E-state index is 13.0. The monoisotopic (exact) mass is 451 g/mol. The summed E-state index contributed by atoms with van der Waals surface area (Å²) in [5.41, 5.74) is 2.36. The highest BCUT2D eigenvalue weighted by Crippen LogP contribution is 2.39. The molecule has 1 aliphatic rings. The molecule has 0 aromatic heterocycles. The summed E-state index contributed by atoms with van der Waals surface area (Å²) in [6.45, 7) is 0.344. The molecule has 31 heavy (non-hydrogen) atoms. The molecule has 3 aromatic rings. The van der Waals surface area contributed by atoms with E-state index < -0.39 is 0 Å². The molecule has 1 heterocycles. The summed E-state index contributed by atoms with van der Waals surface area (Å²) in [4.78, 5) is 15.0. The molecule has 0 N–H and O–H groups in total. The number of ether oxygens (including phenoxy) is 2. The number of benzene rings is 3. The van der Waals surface area contributed by atoms with Gasteiger partial charge < -0.3 is 9.47 Å². The number of hydrogen-bond acceptors (Lipinski definition) is 5. The molecule has 0 unspecified atom stereocenters. The fraction of sp³-hybridized carbons (Fsp3) is 0.0833. The molecular formula is C24H18FNO3S2. The first-order valence-corrected chi connectivity index (χ1v) is 10.7. The second-order valence-corrected chi connectivity index (χ2v) is 8.35. The van der Waals surface area contributed by atoms with E-state index in [0.717, 1.165) is 11.1 Å². The molecule has 4 rings (SSSR count). The molecule has 0 spiro atoms. The minimum absolute atomic E-state index is 0.184. The van der Waals surface area contributed by atoms with Gasteiger partial charge in [0.25, 0.3) is 5.91 Å². The van der Waals surface area contributed by atoms with Crippen molar-refractivity contribution in [3.8, 4) is 11.5 Å². The van der Waals surface area contributed by atoms with Crippen molar-refractivity contribution in [1.29, 1.82) is 0 Å². The highest BCUT2D eigenvalue weighted by Gasteiger charge is 2.34. The number of amides is 1. The number of thiocarbonyl (C=S) groups is 1. The van der Waals surface area contributed by atoms with Crippen molar-refractivity contribution in [2.75, 3.05) is 12.0 Å². The lowest BCUT2D eigenvalue weighted by Gasteiger charge is -2.17. The number of thioether (sulfide) groups is 1. The molecule has 1 fully saturated rings. The van der Waals surface area contributed by atoms with Crippen LogP contribution in [-0.4, -0.2) is 17.3 Å². The van der Waals surface area contributed by atoms with Crippen LogP contribution in [-0.2, 0) is 11.4 Å². The maximum atomic E-state index is 13.0. The summed E-state index contributed by atoms with van der Waals surface area (Å²) >= 11 is 6.69. The topological polar surface area (TPSA) is 38.8 Å². The van der Waals surface area contributed by atoms with E-state index in [2.05, 4.69) is 0 Å². The van der Waals surface area contributed by atoms with Crippen molar-refractivity contribution in [2.24, 2.45) is 0 Å². The Morgan fingerprint density at radius 2 is 1.74 bits per heavy atom. The van der Waals surface area contributed by atoms with Crippen LogP contribution < -0.4 is 14.4 Å². The van der Waals surface area contributed by atoms with Crippen molar-refractivity contribution >= 4 is 46.0 Å². The molecule has 156 valence electrons.